The van der Waals surface area contributed by atoms with Gasteiger partial charge >= 0.3 is 18.9 Å². The van der Waals surface area contributed by atoms with Gasteiger partial charge in [0.1, 0.15) is 12.4 Å². The van der Waals surface area contributed by atoms with Crippen LogP contribution in [0.5, 0.6) is 0 Å². The SMILES string of the molecule is O=S(=O)([O-])n1cc[n+](S(=O)(=O)[O-])c1.[Li+]. The molecule has 0 saturated carbocycles. The Labute approximate surface area is 92.1 Å². The number of hydrogen-bond donors (Lipinski definition) is 0. The largest absolute Gasteiger partial charge is 1.00 e. The number of rotatable bonds is 2. The molecule has 0 aliphatic heterocycles. The summed E-state index contributed by atoms with van der Waals surface area (Å²) in [5.41, 5.74) is 0. The molecule has 11 heteroatoms. The van der Waals surface area contributed by atoms with E-state index in [4.69, 9.17) is 0 Å². The summed E-state index contributed by atoms with van der Waals surface area (Å²) in [6, 6.07) is 0. The Hall–Kier alpha value is -0.373. The summed E-state index contributed by atoms with van der Waals surface area (Å²) >= 11 is 0. The van der Waals surface area contributed by atoms with Gasteiger partial charge in [0.15, 0.2) is 0 Å². The number of hydrogen-bond acceptors (Lipinski definition) is 6. The van der Waals surface area contributed by atoms with Gasteiger partial charge in [-0.2, -0.15) is 16.8 Å². The molecule has 0 bridgehead atoms. The minimum Gasteiger partial charge on any atom is -0.713 e. The van der Waals surface area contributed by atoms with Gasteiger partial charge in [-0.05, 0) is 0 Å². The molecule has 0 spiro atoms. The summed E-state index contributed by atoms with van der Waals surface area (Å²) in [6.07, 6.45) is 1.67. The average Bonchev–Trinajstić information content (AvgIpc) is 2.28. The van der Waals surface area contributed by atoms with E-state index in [0.717, 1.165) is 0 Å². The van der Waals surface area contributed by atoms with Crippen LogP contribution in [-0.4, -0.2) is 29.9 Å². The zero-order chi connectivity index (χ0) is 10.3. The van der Waals surface area contributed by atoms with Crippen LogP contribution in [0.1, 0.15) is 0 Å². The Morgan fingerprint density at radius 3 is 1.86 bits per heavy atom. The third-order valence-corrected chi connectivity index (χ3v) is 2.57. The first-order chi connectivity index (χ1) is 5.71. The van der Waals surface area contributed by atoms with Crippen molar-refractivity contribution in [1.29, 1.82) is 0 Å². The molecule has 0 N–H and O–H groups in total. The van der Waals surface area contributed by atoms with Crippen LogP contribution in [0, 0.1) is 0 Å². The van der Waals surface area contributed by atoms with Crippen LogP contribution < -0.4 is 22.8 Å². The van der Waals surface area contributed by atoms with Gasteiger partial charge in [-0.3, -0.25) is 0 Å². The minimum atomic E-state index is -4.80. The van der Waals surface area contributed by atoms with Crippen LogP contribution in [0.15, 0.2) is 18.7 Å². The molecule has 8 nitrogen and oxygen atoms in total. The van der Waals surface area contributed by atoms with Crippen LogP contribution in [-0.2, 0) is 20.6 Å². The molecule has 0 saturated heterocycles. The van der Waals surface area contributed by atoms with Gasteiger partial charge in [-0.1, -0.05) is 0 Å². The first-order valence-electron chi connectivity index (χ1n) is 2.73. The molecule has 0 aliphatic carbocycles. The summed E-state index contributed by atoms with van der Waals surface area (Å²) in [5.74, 6) is 0. The second-order valence-corrected chi connectivity index (χ2v) is 4.54. The first-order valence-corrected chi connectivity index (χ1v) is 5.46. The zero-order valence-electron chi connectivity index (χ0n) is 6.89. The molecular formula is C3H3LiN2O6S2. The van der Waals surface area contributed by atoms with E-state index in [0.29, 0.717) is 18.7 Å². The van der Waals surface area contributed by atoms with Gasteiger partial charge in [0.25, 0.3) is 26.9 Å². The molecule has 0 unspecified atom stereocenters. The molecule has 1 heterocycles. The molecule has 1 rings (SSSR count). The smallest absolute Gasteiger partial charge is 0.713 e. The van der Waals surface area contributed by atoms with Crippen LogP contribution in [0.3, 0.4) is 0 Å². The van der Waals surface area contributed by atoms with Crippen molar-refractivity contribution in [3.05, 3.63) is 18.7 Å². The van der Waals surface area contributed by atoms with Gasteiger partial charge in [0.2, 0.25) is 0 Å². The molecule has 74 valence electrons. The maximum Gasteiger partial charge on any atom is 1.00 e. The van der Waals surface area contributed by atoms with E-state index in [1.54, 1.807) is 0 Å². The predicted molar refractivity (Wildman–Crippen MR) is 34.8 cm³/mol. The van der Waals surface area contributed by atoms with Crippen molar-refractivity contribution >= 4 is 20.6 Å². The fraction of sp³-hybridized carbons (Fsp3) is 0. The van der Waals surface area contributed by atoms with E-state index < -0.39 is 20.6 Å². The van der Waals surface area contributed by atoms with Crippen molar-refractivity contribution in [2.24, 2.45) is 0 Å². The van der Waals surface area contributed by atoms with Crippen LogP contribution >= 0.6 is 0 Å². The molecule has 1 aromatic heterocycles. The van der Waals surface area contributed by atoms with Crippen molar-refractivity contribution in [2.75, 3.05) is 0 Å². The molecule has 0 aliphatic rings. The van der Waals surface area contributed by atoms with Crippen molar-refractivity contribution in [3.8, 4) is 0 Å². The van der Waals surface area contributed by atoms with E-state index in [-0.39, 0.29) is 26.8 Å². The molecule has 14 heavy (non-hydrogen) atoms. The second kappa shape index (κ2) is 4.01. The molecule has 0 amide bonds. The van der Waals surface area contributed by atoms with Crippen molar-refractivity contribution < 1.29 is 48.8 Å². The predicted octanol–water partition coefficient (Wildman–Crippen LogP) is -5.60. The Morgan fingerprint density at radius 2 is 1.64 bits per heavy atom. The summed E-state index contributed by atoms with van der Waals surface area (Å²) in [7, 11) is -9.60. The number of imidazole rings is 1. The maximum absolute atomic E-state index is 10.3. The fourth-order valence-electron chi connectivity index (χ4n) is 0.585. The van der Waals surface area contributed by atoms with Crippen LogP contribution in [0.4, 0.5) is 0 Å². The zero-order valence-corrected chi connectivity index (χ0v) is 8.53. The number of nitrogens with zero attached hydrogens (tertiary/aromatic N) is 2. The topological polar surface area (TPSA) is 123 Å². The Morgan fingerprint density at radius 1 is 1.14 bits per heavy atom. The summed E-state index contributed by atoms with van der Waals surface area (Å²) in [5, 5.41) is 0. The Kier molecular flexibility index (Phi) is 3.91. The molecule has 0 aromatic carbocycles. The molecule has 1 aromatic rings. The first kappa shape index (κ1) is 13.6. The van der Waals surface area contributed by atoms with Crippen molar-refractivity contribution in [1.82, 2.24) is 3.97 Å². The summed E-state index contributed by atoms with van der Waals surface area (Å²) in [4.78, 5) is 0. The monoisotopic (exact) mass is 234 g/mol. The number of aromatic nitrogens is 2. The van der Waals surface area contributed by atoms with Gasteiger partial charge < -0.3 is 9.11 Å². The van der Waals surface area contributed by atoms with E-state index in [1.807, 2.05) is 0 Å². The standard InChI is InChI=1S/C3H4N2O6S2.Li/c6-12(7,8)4-1-2-5(3-4)13(9,10)11;/h1-3H,(H-,6,7,8,9,10,11);/q;+1/p-1. The second-order valence-electron chi connectivity index (χ2n) is 1.99. The van der Waals surface area contributed by atoms with Gasteiger partial charge in [0, 0.05) is 0 Å². The molecular weight excluding hydrogens is 231 g/mol. The normalized spacial score (nSPS) is 12.1. The van der Waals surface area contributed by atoms with Crippen molar-refractivity contribution in [2.45, 2.75) is 0 Å². The molecule has 0 atom stereocenters. The average molecular weight is 234 g/mol. The quantitative estimate of drug-likeness (QED) is 0.285. The Bertz CT molecular complexity index is 469. The van der Waals surface area contributed by atoms with Gasteiger partial charge in [-0.25, -0.2) is 0 Å². The fourth-order valence-corrected chi connectivity index (χ4v) is 1.49. The maximum atomic E-state index is 10.3. The van der Waals surface area contributed by atoms with E-state index in [2.05, 4.69) is 0 Å². The van der Waals surface area contributed by atoms with Gasteiger partial charge in [-0.15, -0.1) is 7.94 Å². The minimum absolute atomic E-state index is 0. The third-order valence-electron chi connectivity index (χ3n) is 1.10. The molecule has 0 fully saturated rings. The Balaban J connectivity index is 0.00000169. The third kappa shape index (κ3) is 3.09. The van der Waals surface area contributed by atoms with Crippen LogP contribution in [0.2, 0.25) is 0 Å². The van der Waals surface area contributed by atoms with E-state index in [9.17, 15) is 25.9 Å². The molecule has 0 radical (unpaired) electrons. The summed E-state index contributed by atoms with van der Waals surface area (Å²) in [6.45, 7) is 0. The van der Waals surface area contributed by atoms with E-state index >= 15 is 0 Å². The van der Waals surface area contributed by atoms with Gasteiger partial charge in [0.05, 0.1) is 0 Å². The summed E-state index contributed by atoms with van der Waals surface area (Å²) < 4.78 is 61.8. The van der Waals surface area contributed by atoms with Crippen LogP contribution in [0.25, 0.3) is 0 Å². The van der Waals surface area contributed by atoms with Crippen molar-refractivity contribution in [3.63, 3.8) is 0 Å². The van der Waals surface area contributed by atoms with E-state index in [1.165, 1.54) is 0 Å².